The number of nitrogens with one attached hydrogen (secondary N) is 2. The molecule has 2 aromatic heterocycles. The normalized spacial score (nSPS) is 11.4. The number of hydrogen-bond donors (Lipinski definition) is 2. The highest BCUT2D eigenvalue weighted by Crippen LogP contribution is 2.19. The molecule has 0 saturated carbocycles. The molecular formula is C23H27IN6O. The Labute approximate surface area is 199 Å². The van der Waals surface area contributed by atoms with Crippen molar-refractivity contribution in [3.8, 4) is 11.5 Å². The lowest BCUT2D eigenvalue weighted by molar-refractivity contribution is 0.572. The first kappa shape index (κ1) is 22.8. The molecule has 0 aliphatic heterocycles. The number of aliphatic imine (C=N–C) groups is 1. The lowest BCUT2D eigenvalue weighted by atomic mass is 10.1. The first-order valence-electron chi connectivity index (χ1n) is 10.0. The number of para-hydroxylation sites is 2. The predicted molar refractivity (Wildman–Crippen MR) is 135 cm³/mol. The summed E-state index contributed by atoms with van der Waals surface area (Å²) in [5.41, 5.74) is 5.17. The van der Waals surface area contributed by atoms with Crippen molar-refractivity contribution in [1.29, 1.82) is 0 Å². The minimum Gasteiger partial charge on any atom is -0.444 e. The standard InChI is InChI=1S/C23H26N6O.HI/c1-16-8-10-18(11-9-16)22-28-19(15-30-22)14-26-23(24-3)25-12-13-29-17(2)27-20-6-4-5-7-21(20)29;/h4-11,15H,12-14H2,1-3H3,(H2,24,25,26);1H. The number of aromatic nitrogens is 3. The van der Waals surface area contributed by atoms with E-state index in [0.717, 1.165) is 47.2 Å². The summed E-state index contributed by atoms with van der Waals surface area (Å²) in [6, 6.07) is 16.3. The molecule has 2 aromatic carbocycles. The Morgan fingerprint density at radius 3 is 2.58 bits per heavy atom. The van der Waals surface area contributed by atoms with Crippen LogP contribution in [0.15, 0.2) is 64.2 Å². The monoisotopic (exact) mass is 530 g/mol. The minimum atomic E-state index is 0. The number of aryl methyl sites for hydroxylation is 2. The van der Waals surface area contributed by atoms with Crippen LogP contribution in [0.2, 0.25) is 0 Å². The third kappa shape index (κ3) is 5.43. The van der Waals surface area contributed by atoms with Crippen LogP contribution in [-0.4, -0.2) is 34.1 Å². The molecule has 0 radical (unpaired) electrons. The fraction of sp³-hybridized carbons (Fsp3) is 0.261. The second-order valence-electron chi connectivity index (χ2n) is 7.16. The van der Waals surface area contributed by atoms with Crippen LogP contribution in [0.1, 0.15) is 17.1 Å². The topological polar surface area (TPSA) is 80.3 Å². The summed E-state index contributed by atoms with van der Waals surface area (Å²) in [6.45, 7) is 6.15. The zero-order valence-electron chi connectivity index (χ0n) is 17.9. The molecule has 0 aliphatic rings. The molecule has 0 unspecified atom stereocenters. The third-order valence-electron chi connectivity index (χ3n) is 4.98. The van der Waals surface area contributed by atoms with E-state index in [1.807, 2.05) is 37.3 Å². The van der Waals surface area contributed by atoms with Gasteiger partial charge in [-0.15, -0.1) is 24.0 Å². The van der Waals surface area contributed by atoms with Crippen molar-refractivity contribution in [2.75, 3.05) is 13.6 Å². The second-order valence-corrected chi connectivity index (χ2v) is 7.16. The maximum atomic E-state index is 5.62. The summed E-state index contributed by atoms with van der Waals surface area (Å²) in [6.07, 6.45) is 1.68. The van der Waals surface area contributed by atoms with Crippen molar-refractivity contribution < 1.29 is 4.42 Å². The first-order chi connectivity index (χ1) is 14.6. The van der Waals surface area contributed by atoms with Gasteiger partial charge < -0.3 is 19.6 Å². The van der Waals surface area contributed by atoms with Crippen LogP contribution in [0.5, 0.6) is 0 Å². The van der Waals surface area contributed by atoms with Gasteiger partial charge in [0.1, 0.15) is 12.1 Å². The smallest absolute Gasteiger partial charge is 0.226 e. The van der Waals surface area contributed by atoms with Crippen LogP contribution in [0.25, 0.3) is 22.5 Å². The van der Waals surface area contributed by atoms with E-state index in [0.29, 0.717) is 12.4 Å². The summed E-state index contributed by atoms with van der Waals surface area (Å²) in [4.78, 5) is 13.5. The Kier molecular flexibility index (Phi) is 7.67. The number of imidazole rings is 1. The van der Waals surface area contributed by atoms with Crippen LogP contribution in [0, 0.1) is 13.8 Å². The van der Waals surface area contributed by atoms with Gasteiger partial charge in [-0.1, -0.05) is 29.8 Å². The highest BCUT2D eigenvalue weighted by molar-refractivity contribution is 14.0. The molecule has 162 valence electrons. The molecule has 0 atom stereocenters. The van der Waals surface area contributed by atoms with E-state index in [-0.39, 0.29) is 24.0 Å². The van der Waals surface area contributed by atoms with Crippen LogP contribution in [0.4, 0.5) is 0 Å². The van der Waals surface area contributed by atoms with Crippen LogP contribution in [-0.2, 0) is 13.1 Å². The Morgan fingerprint density at radius 2 is 1.81 bits per heavy atom. The second kappa shape index (κ2) is 10.4. The van der Waals surface area contributed by atoms with E-state index in [4.69, 9.17) is 4.42 Å². The molecule has 0 amide bonds. The predicted octanol–water partition coefficient (Wildman–Crippen LogP) is 4.29. The summed E-state index contributed by atoms with van der Waals surface area (Å²) in [7, 11) is 1.76. The van der Waals surface area contributed by atoms with Gasteiger partial charge in [0.25, 0.3) is 0 Å². The lowest BCUT2D eigenvalue weighted by Gasteiger charge is -2.12. The van der Waals surface area contributed by atoms with Gasteiger partial charge in [0, 0.05) is 25.7 Å². The van der Waals surface area contributed by atoms with Crippen molar-refractivity contribution in [2.45, 2.75) is 26.9 Å². The van der Waals surface area contributed by atoms with Gasteiger partial charge >= 0.3 is 0 Å². The minimum absolute atomic E-state index is 0. The van der Waals surface area contributed by atoms with Gasteiger partial charge in [-0.3, -0.25) is 4.99 Å². The van der Waals surface area contributed by atoms with Crippen molar-refractivity contribution in [1.82, 2.24) is 25.2 Å². The Bertz CT molecular complexity index is 1160. The SMILES string of the molecule is CN=C(NCCn1c(C)nc2ccccc21)NCc1coc(-c2ccc(C)cc2)n1.I. The Balaban J connectivity index is 0.00000272. The van der Waals surface area contributed by atoms with E-state index in [9.17, 15) is 0 Å². The van der Waals surface area contributed by atoms with Gasteiger partial charge in [0.15, 0.2) is 5.96 Å². The number of rotatable bonds is 6. The molecule has 0 saturated heterocycles. The molecule has 2 N–H and O–H groups in total. The first-order valence-corrected chi connectivity index (χ1v) is 10.0. The van der Waals surface area contributed by atoms with Gasteiger partial charge in [0.2, 0.25) is 5.89 Å². The molecule has 0 spiro atoms. The van der Waals surface area contributed by atoms with Gasteiger partial charge in [0.05, 0.1) is 23.3 Å². The quantitative estimate of drug-likeness (QED) is 0.221. The van der Waals surface area contributed by atoms with Crippen molar-refractivity contribution in [3.05, 3.63) is 71.9 Å². The van der Waals surface area contributed by atoms with Crippen molar-refractivity contribution >= 4 is 41.0 Å². The maximum Gasteiger partial charge on any atom is 0.226 e. The average Bonchev–Trinajstić information content (AvgIpc) is 3.35. The molecular weight excluding hydrogens is 503 g/mol. The van der Waals surface area contributed by atoms with Crippen LogP contribution in [0.3, 0.4) is 0 Å². The fourth-order valence-corrected chi connectivity index (χ4v) is 3.38. The van der Waals surface area contributed by atoms with Crippen LogP contribution < -0.4 is 10.6 Å². The zero-order valence-corrected chi connectivity index (χ0v) is 20.3. The van der Waals surface area contributed by atoms with E-state index < -0.39 is 0 Å². The molecule has 4 aromatic rings. The van der Waals surface area contributed by atoms with Crippen molar-refractivity contribution in [2.24, 2.45) is 4.99 Å². The summed E-state index contributed by atoms with van der Waals surface area (Å²) < 4.78 is 7.83. The number of oxazole rings is 1. The molecule has 0 bridgehead atoms. The van der Waals surface area contributed by atoms with Gasteiger partial charge in [-0.25, -0.2) is 9.97 Å². The van der Waals surface area contributed by atoms with Gasteiger partial charge in [-0.05, 0) is 38.1 Å². The number of benzene rings is 2. The lowest BCUT2D eigenvalue weighted by Crippen LogP contribution is -2.38. The molecule has 2 heterocycles. The maximum absolute atomic E-state index is 5.62. The highest BCUT2D eigenvalue weighted by atomic mass is 127. The fourth-order valence-electron chi connectivity index (χ4n) is 3.38. The van der Waals surface area contributed by atoms with Gasteiger partial charge in [-0.2, -0.15) is 0 Å². The Morgan fingerprint density at radius 1 is 1.03 bits per heavy atom. The van der Waals surface area contributed by atoms with Crippen molar-refractivity contribution in [3.63, 3.8) is 0 Å². The number of fused-ring (bicyclic) bond motifs is 1. The third-order valence-corrected chi connectivity index (χ3v) is 4.98. The average molecular weight is 530 g/mol. The molecule has 8 heteroatoms. The van der Waals surface area contributed by atoms with E-state index in [2.05, 4.69) is 55.3 Å². The number of guanidine groups is 1. The summed E-state index contributed by atoms with van der Waals surface area (Å²) >= 11 is 0. The Hall–Kier alpha value is -2.88. The molecule has 31 heavy (non-hydrogen) atoms. The highest BCUT2D eigenvalue weighted by Gasteiger charge is 2.09. The molecule has 0 fully saturated rings. The number of hydrogen-bond acceptors (Lipinski definition) is 4. The number of halogens is 1. The summed E-state index contributed by atoms with van der Waals surface area (Å²) in [5.74, 6) is 2.35. The zero-order chi connectivity index (χ0) is 20.9. The molecule has 4 rings (SSSR count). The number of nitrogens with zero attached hydrogens (tertiary/aromatic N) is 4. The van der Waals surface area contributed by atoms with E-state index in [1.54, 1.807) is 13.3 Å². The summed E-state index contributed by atoms with van der Waals surface area (Å²) in [5, 5.41) is 6.63. The van der Waals surface area contributed by atoms with E-state index >= 15 is 0 Å². The van der Waals surface area contributed by atoms with E-state index in [1.165, 1.54) is 5.56 Å². The largest absolute Gasteiger partial charge is 0.444 e. The molecule has 0 aliphatic carbocycles. The van der Waals surface area contributed by atoms with Crippen LogP contribution >= 0.6 is 24.0 Å². The molecule has 7 nitrogen and oxygen atoms in total.